The molecule has 1 aromatic heterocycles. The van der Waals surface area contributed by atoms with Gasteiger partial charge in [0.25, 0.3) is 5.92 Å². The predicted octanol–water partition coefficient (Wildman–Crippen LogP) is 3.93. The molecule has 4 fully saturated rings. The summed E-state index contributed by atoms with van der Waals surface area (Å²) < 4.78 is 49.1. The highest BCUT2D eigenvalue weighted by Crippen LogP contribution is 2.44. The summed E-state index contributed by atoms with van der Waals surface area (Å²) in [5, 5.41) is 6.85. The second-order valence-corrected chi connectivity index (χ2v) is 12.2. The average Bonchev–Trinajstić information content (AvgIpc) is 3.25. The highest BCUT2D eigenvalue weighted by Gasteiger charge is 2.51. The van der Waals surface area contributed by atoms with Crippen LogP contribution in [0.25, 0.3) is 0 Å². The van der Waals surface area contributed by atoms with E-state index in [0.717, 1.165) is 19.5 Å². The second-order valence-electron chi connectivity index (χ2n) is 12.2. The predicted molar refractivity (Wildman–Crippen MR) is 132 cm³/mol. The fourth-order valence-electron chi connectivity index (χ4n) is 6.33. The molecule has 37 heavy (non-hydrogen) atoms. The zero-order chi connectivity index (χ0) is 26.5. The number of amides is 2. The van der Waals surface area contributed by atoms with Gasteiger partial charge in [0.2, 0.25) is 5.89 Å². The summed E-state index contributed by atoms with van der Waals surface area (Å²) in [6, 6.07) is -1.42. The van der Waals surface area contributed by atoms with Crippen LogP contribution in [0.3, 0.4) is 0 Å². The van der Waals surface area contributed by atoms with E-state index in [1.165, 1.54) is 0 Å². The van der Waals surface area contributed by atoms with Gasteiger partial charge < -0.3 is 14.7 Å². The van der Waals surface area contributed by atoms with Crippen LogP contribution in [0.2, 0.25) is 0 Å². The minimum absolute atomic E-state index is 0.204. The number of nitrogens with one attached hydrogen (secondary N) is 1. The first-order valence-electron chi connectivity index (χ1n) is 13.9. The van der Waals surface area contributed by atoms with Crippen LogP contribution < -0.4 is 5.32 Å². The molecule has 1 N–H and O–H groups in total. The van der Waals surface area contributed by atoms with Crippen molar-refractivity contribution in [3.05, 3.63) is 11.7 Å². The van der Waals surface area contributed by atoms with Gasteiger partial charge in [-0.15, -0.1) is 0 Å². The maximum Gasteiger partial charge on any atom is 0.317 e. The van der Waals surface area contributed by atoms with Crippen LogP contribution in [-0.2, 0) is 5.41 Å². The summed E-state index contributed by atoms with van der Waals surface area (Å²) in [4.78, 5) is 23.8. The fraction of sp³-hybridized carbons (Fsp3) is 0.885. The van der Waals surface area contributed by atoms with E-state index in [0.29, 0.717) is 63.0 Å². The SMILES string of the molecule is CC(C)N1CC[C@H](N(C)[C@H]2CCCC(F)(F)[C@@H]2NC(=O)N2CCC(C)(c3noc([C@@H]4C[C@@H]4F)n3)CC2)C1. The van der Waals surface area contributed by atoms with Gasteiger partial charge in [0.15, 0.2) is 5.82 Å². The fourth-order valence-corrected chi connectivity index (χ4v) is 6.33. The molecule has 0 radical (unpaired) electrons. The molecule has 2 saturated carbocycles. The molecule has 1 aromatic rings. The van der Waals surface area contributed by atoms with E-state index in [4.69, 9.17) is 4.52 Å². The molecule has 0 bridgehead atoms. The molecule has 8 nitrogen and oxygen atoms in total. The van der Waals surface area contributed by atoms with Crippen LogP contribution in [-0.4, -0.2) is 100 Å². The van der Waals surface area contributed by atoms with Gasteiger partial charge in [-0.3, -0.25) is 9.80 Å². The maximum atomic E-state index is 15.2. The Morgan fingerprint density at radius 3 is 2.51 bits per heavy atom. The number of likely N-dealkylation sites (N-methyl/N-ethyl adjacent to an activating group) is 1. The van der Waals surface area contributed by atoms with E-state index in [1.54, 1.807) is 4.90 Å². The molecule has 208 valence electrons. The number of piperidine rings is 1. The number of nitrogens with zero attached hydrogens (tertiary/aromatic N) is 5. The van der Waals surface area contributed by atoms with Gasteiger partial charge in [0.05, 0.1) is 5.92 Å². The highest BCUT2D eigenvalue weighted by atomic mass is 19.3. The Labute approximate surface area is 217 Å². The average molecular weight is 527 g/mol. The van der Waals surface area contributed by atoms with E-state index in [9.17, 15) is 9.18 Å². The van der Waals surface area contributed by atoms with Crippen LogP contribution in [0.15, 0.2) is 4.52 Å². The number of carbonyl (C=O) groups excluding carboxylic acids is 1. The molecule has 5 rings (SSSR count). The molecule has 0 aromatic carbocycles. The third-order valence-electron chi connectivity index (χ3n) is 9.32. The highest BCUT2D eigenvalue weighted by molar-refractivity contribution is 5.75. The third-order valence-corrected chi connectivity index (χ3v) is 9.32. The summed E-state index contributed by atoms with van der Waals surface area (Å²) >= 11 is 0. The minimum atomic E-state index is -2.95. The number of aromatic nitrogens is 2. The normalized spacial score (nSPS) is 33.8. The van der Waals surface area contributed by atoms with Crippen LogP contribution >= 0.6 is 0 Å². The van der Waals surface area contributed by atoms with Crippen molar-refractivity contribution >= 4 is 6.03 Å². The van der Waals surface area contributed by atoms with Crippen molar-refractivity contribution in [3.8, 4) is 0 Å². The number of rotatable bonds is 6. The third kappa shape index (κ3) is 5.35. The van der Waals surface area contributed by atoms with Crippen molar-refractivity contribution in [2.45, 2.75) is 113 Å². The van der Waals surface area contributed by atoms with Crippen molar-refractivity contribution in [2.24, 2.45) is 0 Å². The van der Waals surface area contributed by atoms with Gasteiger partial charge in [-0.2, -0.15) is 4.98 Å². The molecule has 2 aliphatic carbocycles. The molecule has 2 amide bonds. The van der Waals surface area contributed by atoms with E-state index in [-0.39, 0.29) is 18.4 Å². The molecular weight excluding hydrogens is 485 g/mol. The van der Waals surface area contributed by atoms with Crippen molar-refractivity contribution in [3.63, 3.8) is 0 Å². The van der Waals surface area contributed by atoms with Crippen LogP contribution in [0.4, 0.5) is 18.0 Å². The van der Waals surface area contributed by atoms with Crippen LogP contribution in [0.1, 0.15) is 83.3 Å². The molecule has 2 saturated heterocycles. The second kappa shape index (κ2) is 10.0. The molecule has 0 spiro atoms. The van der Waals surface area contributed by atoms with Gasteiger partial charge in [-0.1, -0.05) is 12.1 Å². The molecular formula is C26H41F3N6O2. The zero-order valence-electron chi connectivity index (χ0n) is 22.4. The summed E-state index contributed by atoms with van der Waals surface area (Å²) in [5.74, 6) is -2.37. The first-order valence-corrected chi connectivity index (χ1v) is 13.9. The zero-order valence-corrected chi connectivity index (χ0v) is 22.4. The van der Waals surface area contributed by atoms with Crippen LogP contribution in [0.5, 0.6) is 0 Å². The van der Waals surface area contributed by atoms with E-state index in [1.807, 2.05) is 14.0 Å². The summed E-state index contributed by atoms with van der Waals surface area (Å²) in [6.07, 6.45) is 2.53. The monoisotopic (exact) mass is 526 g/mol. The Hall–Kier alpha value is -1.88. The summed E-state index contributed by atoms with van der Waals surface area (Å²) in [5.41, 5.74) is -0.401. The van der Waals surface area contributed by atoms with Crippen molar-refractivity contribution in [1.82, 2.24) is 30.2 Å². The molecule has 5 atom stereocenters. The van der Waals surface area contributed by atoms with E-state index >= 15 is 8.78 Å². The topological polar surface area (TPSA) is 77.7 Å². The largest absolute Gasteiger partial charge is 0.339 e. The molecule has 11 heteroatoms. The lowest BCUT2D eigenvalue weighted by Gasteiger charge is -2.45. The Bertz CT molecular complexity index is 966. The molecule has 2 aliphatic heterocycles. The molecule has 0 unspecified atom stereocenters. The smallest absolute Gasteiger partial charge is 0.317 e. The number of hydrogen-bond donors (Lipinski definition) is 1. The summed E-state index contributed by atoms with van der Waals surface area (Å²) in [6.45, 7) is 8.99. The number of halogens is 3. The van der Waals surface area contributed by atoms with Crippen LogP contribution in [0, 0.1) is 0 Å². The quantitative estimate of drug-likeness (QED) is 0.605. The minimum Gasteiger partial charge on any atom is -0.339 e. The van der Waals surface area contributed by atoms with Gasteiger partial charge >= 0.3 is 6.03 Å². The standard InChI is InChI=1S/C26H41F3N6O2/c1-16(2)35-11-7-17(15-35)33(4)20-6-5-8-26(28,29)21(20)30-24(36)34-12-9-25(3,10-13-34)23-31-22(37-32-23)18-14-19(18)27/h16-21H,5-15H2,1-4H3,(H,30,36)/t17-,18+,19-,20-,21+/m0/s1. The first kappa shape index (κ1) is 26.7. The number of likely N-dealkylation sites (tertiary alicyclic amines) is 2. The van der Waals surface area contributed by atoms with E-state index in [2.05, 4.69) is 39.1 Å². The lowest BCUT2D eigenvalue weighted by molar-refractivity contribution is -0.0933. The number of carbonyl (C=O) groups is 1. The lowest BCUT2D eigenvalue weighted by Crippen LogP contribution is -2.64. The van der Waals surface area contributed by atoms with E-state index < -0.39 is 35.6 Å². The van der Waals surface area contributed by atoms with Gasteiger partial charge in [0, 0.05) is 56.1 Å². The van der Waals surface area contributed by atoms with Gasteiger partial charge in [-0.05, 0) is 59.4 Å². The number of hydrogen-bond acceptors (Lipinski definition) is 6. The molecule has 3 heterocycles. The van der Waals surface area contributed by atoms with Gasteiger partial charge in [0.1, 0.15) is 12.2 Å². The Morgan fingerprint density at radius 2 is 1.89 bits per heavy atom. The Kier molecular flexibility index (Phi) is 7.23. The Balaban J connectivity index is 1.21. The van der Waals surface area contributed by atoms with Crippen molar-refractivity contribution in [1.29, 1.82) is 0 Å². The van der Waals surface area contributed by atoms with Gasteiger partial charge in [-0.25, -0.2) is 18.0 Å². The number of urea groups is 1. The van der Waals surface area contributed by atoms with Crippen molar-refractivity contribution in [2.75, 3.05) is 33.2 Å². The maximum absolute atomic E-state index is 15.2. The van der Waals surface area contributed by atoms with Crippen molar-refractivity contribution < 1.29 is 22.5 Å². The lowest BCUT2D eigenvalue weighted by atomic mass is 9.79. The summed E-state index contributed by atoms with van der Waals surface area (Å²) in [7, 11) is 1.94. The first-order chi connectivity index (χ1) is 17.5. The Morgan fingerprint density at radius 1 is 1.19 bits per heavy atom. The number of alkyl halides is 3. The molecule has 4 aliphatic rings.